The maximum atomic E-state index is 5.31. The summed E-state index contributed by atoms with van der Waals surface area (Å²) in [5, 5.41) is 0. The highest BCUT2D eigenvalue weighted by atomic mass is 79.9. The van der Waals surface area contributed by atoms with Gasteiger partial charge in [-0.15, -0.1) is 0 Å². The molecular formula is C10H15BrN2O. The number of aromatic nitrogens is 1. The molecule has 3 nitrogen and oxygen atoms in total. The van der Waals surface area contributed by atoms with Crippen molar-refractivity contribution < 1.29 is 4.74 Å². The van der Waals surface area contributed by atoms with E-state index in [1.165, 1.54) is 5.56 Å². The van der Waals surface area contributed by atoms with E-state index in [1.807, 2.05) is 7.05 Å². The molecule has 0 radical (unpaired) electrons. The summed E-state index contributed by atoms with van der Waals surface area (Å²) < 4.78 is 8.54. The van der Waals surface area contributed by atoms with E-state index in [-0.39, 0.29) is 0 Å². The van der Waals surface area contributed by atoms with Crippen molar-refractivity contribution in [3.05, 3.63) is 22.4 Å². The van der Waals surface area contributed by atoms with Crippen molar-refractivity contribution in [1.82, 2.24) is 9.47 Å². The maximum absolute atomic E-state index is 5.31. The molecule has 0 unspecified atom stereocenters. The van der Waals surface area contributed by atoms with E-state index >= 15 is 0 Å². The van der Waals surface area contributed by atoms with Crippen LogP contribution in [0.5, 0.6) is 0 Å². The first-order valence-electron chi connectivity index (χ1n) is 4.86. The summed E-state index contributed by atoms with van der Waals surface area (Å²) in [6.45, 7) is 4.86. The summed E-state index contributed by atoms with van der Waals surface area (Å²) >= 11 is 3.50. The molecule has 2 rings (SSSR count). The Balaban J connectivity index is 1.95. The van der Waals surface area contributed by atoms with Gasteiger partial charge in [0.05, 0.1) is 17.8 Å². The molecule has 0 atom stereocenters. The van der Waals surface area contributed by atoms with Gasteiger partial charge in [0.15, 0.2) is 0 Å². The van der Waals surface area contributed by atoms with Crippen molar-refractivity contribution in [2.75, 3.05) is 26.3 Å². The van der Waals surface area contributed by atoms with Crippen LogP contribution in [0.4, 0.5) is 0 Å². The van der Waals surface area contributed by atoms with Crippen LogP contribution >= 0.6 is 15.9 Å². The number of rotatable bonds is 2. The lowest BCUT2D eigenvalue weighted by atomic mass is 10.3. The number of morpholine rings is 1. The van der Waals surface area contributed by atoms with Crippen LogP contribution in [0.15, 0.2) is 16.9 Å². The fourth-order valence-corrected chi connectivity index (χ4v) is 2.10. The van der Waals surface area contributed by atoms with Gasteiger partial charge in [0.2, 0.25) is 0 Å². The Labute approximate surface area is 92.8 Å². The Bertz CT molecular complexity index is 286. The number of ether oxygens (including phenoxy) is 1. The SMILES string of the molecule is Cn1cc(CN2CCOCC2)cc1Br. The number of halogens is 1. The van der Waals surface area contributed by atoms with Crippen LogP contribution in [-0.2, 0) is 18.3 Å². The molecule has 1 aliphatic heterocycles. The number of hydrogen-bond donors (Lipinski definition) is 0. The summed E-state index contributed by atoms with van der Waals surface area (Å²) in [5.74, 6) is 0. The molecule has 2 heterocycles. The summed E-state index contributed by atoms with van der Waals surface area (Å²) in [5.41, 5.74) is 1.36. The fourth-order valence-electron chi connectivity index (χ4n) is 1.71. The molecule has 1 saturated heterocycles. The minimum absolute atomic E-state index is 0.869. The largest absolute Gasteiger partial charge is 0.379 e. The third-order valence-electron chi connectivity index (χ3n) is 2.51. The second-order valence-electron chi connectivity index (χ2n) is 3.67. The van der Waals surface area contributed by atoms with Crippen LogP contribution in [0, 0.1) is 0 Å². The van der Waals surface area contributed by atoms with E-state index in [0.717, 1.165) is 37.5 Å². The molecule has 1 aromatic rings. The molecule has 0 N–H and O–H groups in total. The molecular weight excluding hydrogens is 244 g/mol. The minimum Gasteiger partial charge on any atom is -0.379 e. The average molecular weight is 259 g/mol. The summed E-state index contributed by atoms with van der Waals surface area (Å²) in [4.78, 5) is 2.42. The van der Waals surface area contributed by atoms with Gasteiger partial charge in [-0.2, -0.15) is 0 Å². The fraction of sp³-hybridized carbons (Fsp3) is 0.600. The minimum atomic E-state index is 0.869. The highest BCUT2D eigenvalue weighted by Gasteiger charge is 2.11. The van der Waals surface area contributed by atoms with Crippen LogP contribution in [-0.4, -0.2) is 35.8 Å². The second-order valence-corrected chi connectivity index (χ2v) is 4.48. The van der Waals surface area contributed by atoms with E-state index in [9.17, 15) is 0 Å². The molecule has 0 saturated carbocycles. The lowest BCUT2D eigenvalue weighted by molar-refractivity contribution is 0.0342. The van der Waals surface area contributed by atoms with E-state index in [1.54, 1.807) is 0 Å². The normalized spacial score (nSPS) is 18.7. The van der Waals surface area contributed by atoms with Crippen LogP contribution < -0.4 is 0 Å². The lowest BCUT2D eigenvalue weighted by Crippen LogP contribution is -2.35. The zero-order chi connectivity index (χ0) is 9.97. The van der Waals surface area contributed by atoms with Crippen molar-refractivity contribution in [2.45, 2.75) is 6.54 Å². The summed E-state index contributed by atoms with van der Waals surface area (Å²) in [6, 6.07) is 2.18. The Morgan fingerprint density at radius 3 is 2.71 bits per heavy atom. The summed E-state index contributed by atoms with van der Waals surface area (Å²) in [6.07, 6.45) is 2.17. The predicted molar refractivity (Wildman–Crippen MR) is 59.2 cm³/mol. The average Bonchev–Trinajstić information content (AvgIpc) is 2.47. The Kier molecular flexibility index (Phi) is 3.26. The number of aryl methyl sites for hydroxylation is 1. The van der Waals surface area contributed by atoms with Gasteiger partial charge < -0.3 is 9.30 Å². The van der Waals surface area contributed by atoms with Crippen molar-refractivity contribution in [2.24, 2.45) is 7.05 Å². The smallest absolute Gasteiger partial charge is 0.0847 e. The second kappa shape index (κ2) is 4.47. The van der Waals surface area contributed by atoms with Gasteiger partial charge in [0, 0.05) is 32.9 Å². The van der Waals surface area contributed by atoms with Crippen molar-refractivity contribution in [3.63, 3.8) is 0 Å². The van der Waals surface area contributed by atoms with Gasteiger partial charge in [-0.3, -0.25) is 4.90 Å². The van der Waals surface area contributed by atoms with Crippen LogP contribution in [0.25, 0.3) is 0 Å². The van der Waals surface area contributed by atoms with E-state index in [0.29, 0.717) is 0 Å². The Morgan fingerprint density at radius 2 is 2.14 bits per heavy atom. The van der Waals surface area contributed by atoms with Gasteiger partial charge in [0.25, 0.3) is 0 Å². The summed E-state index contributed by atoms with van der Waals surface area (Å²) in [7, 11) is 2.05. The zero-order valence-electron chi connectivity index (χ0n) is 8.37. The molecule has 0 aromatic carbocycles. The van der Waals surface area contributed by atoms with E-state index in [2.05, 4.69) is 37.7 Å². The number of nitrogens with zero attached hydrogens (tertiary/aromatic N) is 2. The molecule has 0 aliphatic carbocycles. The van der Waals surface area contributed by atoms with Gasteiger partial charge in [-0.25, -0.2) is 0 Å². The van der Waals surface area contributed by atoms with Crippen LogP contribution in [0.1, 0.15) is 5.56 Å². The van der Waals surface area contributed by atoms with Gasteiger partial charge >= 0.3 is 0 Å². The van der Waals surface area contributed by atoms with E-state index < -0.39 is 0 Å². The molecule has 14 heavy (non-hydrogen) atoms. The zero-order valence-corrected chi connectivity index (χ0v) is 9.96. The highest BCUT2D eigenvalue weighted by Crippen LogP contribution is 2.15. The van der Waals surface area contributed by atoms with Crippen LogP contribution in [0.2, 0.25) is 0 Å². The van der Waals surface area contributed by atoms with Gasteiger partial charge in [-0.05, 0) is 27.6 Å². The Morgan fingerprint density at radius 1 is 1.43 bits per heavy atom. The highest BCUT2D eigenvalue weighted by molar-refractivity contribution is 9.10. The predicted octanol–water partition coefficient (Wildman–Crippen LogP) is 1.62. The van der Waals surface area contributed by atoms with Crippen LogP contribution in [0.3, 0.4) is 0 Å². The third-order valence-corrected chi connectivity index (χ3v) is 3.30. The Hall–Kier alpha value is -0.320. The molecule has 78 valence electrons. The first-order chi connectivity index (χ1) is 6.75. The van der Waals surface area contributed by atoms with E-state index in [4.69, 9.17) is 4.74 Å². The lowest BCUT2D eigenvalue weighted by Gasteiger charge is -2.25. The standard InChI is InChI=1S/C10H15BrN2O/c1-12-7-9(6-10(12)11)8-13-2-4-14-5-3-13/h6-7H,2-5,8H2,1H3. The van der Waals surface area contributed by atoms with Gasteiger partial charge in [-0.1, -0.05) is 0 Å². The van der Waals surface area contributed by atoms with Gasteiger partial charge in [0.1, 0.15) is 0 Å². The molecule has 0 amide bonds. The third kappa shape index (κ3) is 2.38. The molecule has 0 bridgehead atoms. The first kappa shape index (κ1) is 10.2. The van der Waals surface area contributed by atoms with Crippen molar-refractivity contribution in [3.8, 4) is 0 Å². The molecule has 1 fully saturated rings. The molecule has 4 heteroatoms. The monoisotopic (exact) mass is 258 g/mol. The molecule has 1 aromatic heterocycles. The molecule has 1 aliphatic rings. The topological polar surface area (TPSA) is 17.4 Å². The number of hydrogen-bond acceptors (Lipinski definition) is 2. The van der Waals surface area contributed by atoms with Crippen molar-refractivity contribution >= 4 is 15.9 Å². The van der Waals surface area contributed by atoms with Crippen molar-refractivity contribution in [1.29, 1.82) is 0 Å². The molecule has 0 spiro atoms. The quantitative estimate of drug-likeness (QED) is 0.803. The first-order valence-corrected chi connectivity index (χ1v) is 5.66. The maximum Gasteiger partial charge on any atom is 0.0847 e.